The number of likely N-dealkylation sites (N-methyl/N-ethyl adjacent to an activating group) is 1. The van der Waals surface area contributed by atoms with Gasteiger partial charge in [0.05, 0.1) is 23.2 Å². The van der Waals surface area contributed by atoms with Gasteiger partial charge in [-0.2, -0.15) is 4.31 Å². The summed E-state index contributed by atoms with van der Waals surface area (Å²) in [6, 6.07) is 4.81. The lowest BCUT2D eigenvalue weighted by Gasteiger charge is -2.24. The lowest BCUT2D eigenvalue weighted by molar-refractivity contribution is 0.0947. The van der Waals surface area contributed by atoms with Gasteiger partial charge in [-0.1, -0.05) is 20.8 Å². The third kappa shape index (κ3) is 4.69. The number of imidazole rings is 1. The molecule has 1 unspecified atom stereocenters. The van der Waals surface area contributed by atoms with E-state index in [1.165, 1.54) is 15.0 Å². The zero-order valence-electron chi connectivity index (χ0n) is 21.9. The van der Waals surface area contributed by atoms with Gasteiger partial charge >= 0.3 is 5.69 Å². The van der Waals surface area contributed by atoms with Gasteiger partial charge in [-0.3, -0.25) is 4.57 Å². The summed E-state index contributed by atoms with van der Waals surface area (Å²) in [6.45, 7) is 7.99. The molecule has 1 N–H and O–H groups in total. The van der Waals surface area contributed by atoms with Crippen LogP contribution in [0.4, 0.5) is 0 Å². The Hall–Kier alpha value is -3.29. The van der Waals surface area contributed by atoms with Crippen molar-refractivity contribution >= 4 is 26.8 Å². The van der Waals surface area contributed by atoms with Crippen molar-refractivity contribution in [3.8, 4) is 17.1 Å². The van der Waals surface area contributed by atoms with Crippen molar-refractivity contribution in [3.05, 3.63) is 35.0 Å². The zero-order chi connectivity index (χ0) is 26.9. The number of nitrogens with one attached hydrogen (secondary N) is 1. The topological polar surface area (TPSA) is 137 Å². The first-order valence-electron chi connectivity index (χ1n) is 13.1. The Balaban J connectivity index is 1.64. The van der Waals surface area contributed by atoms with E-state index >= 15 is 0 Å². The zero-order valence-corrected chi connectivity index (χ0v) is 22.7. The number of rotatable bonds is 11. The number of aryl methyl sites for hydroxylation is 1. The van der Waals surface area contributed by atoms with Crippen LogP contribution in [0.3, 0.4) is 0 Å². The number of sulfonamides is 1. The van der Waals surface area contributed by atoms with Crippen LogP contribution in [0.1, 0.15) is 46.5 Å². The minimum atomic E-state index is -3.81. The van der Waals surface area contributed by atoms with Gasteiger partial charge in [0.1, 0.15) is 23.4 Å². The standard InChI is InChI=1S/C25H33N7O5S/c1-4-11-31-23-21(24-29-26-16-32(24)25(31)33)27-22(28-23)19-14-18(9-10-20(19)37-12-5-2)38(34,35)30(6-3)15-17-8-7-13-36-17/h9-10,14,16-17H,4-8,11-13,15H2,1-3H3,(H,27,28). The third-order valence-corrected chi connectivity index (χ3v) is 8.62. The van der Waals surface area contributed by atoms with E-state index in [0.29, 0.717) is 66.8 Å². The molecule has 12 nitrogen and oxygen atoms in total. The molecule has 4 aromatic rings. The molecule has 38 heavy (non-hydrogen) atoms. The Bertz CT molecular complexity index is 1600. The van der Waals surface area contributed by atoms with E-state index in [1.807, 2.05) is 20.8 Å². The molecule has 4 heterocycles. The summed E-state index contributed by atoms with van der Waals surface area (Å²) in [6.07, 6.45) is 4.55. The first-order chi connectivity index (χ1) is 18.4. The molecule has 1 saturated heterocycles. The van der Waals surface area contributed by atoms with Gasteiger partial charge in [-0.05, 0) is 43.9 Å². The van der Waals surface area contributed by atoms with Crippen molar-refractivity contribution in [2.24, 2.45) is 0 Å². The van der Waals surface area contributed by atoms with Crippen LogP contribution in [0, 0.1) is 0 Å². The molecule has 3 aromatic heterocycles. The number of benzene rings is 1. The highest BCUT2D eigenvalue weighted by molar-refractivity contribution is 7.89. The van der Waals surface area contributed by atoms with E-state index < -0.39 is 10.0 Å². The van der Waals surface area contributed by atoms with Crippen molar-refractivity contribution in [1.29, 1.82) is 0 Å². The van der Waals surface area contributed by atoms with Gasteiger partial charge in [-0.25, -0.2) is 22.6 Å². The summed E-state index contributed by atoms with van der Waals surface area (Å²) in [5, 5.41) is 8.01. The second kappa shape index (κ2) is 10.8. The van der Waals surface area contributed by atoms with Gasteiger partial charge in [0.2, 0.25) is 10.0 Å². The second-order valence-corrected chi connectivity index (χ2v) is 11.3. The monoisotopic (exact) mass is 543 g/mol. The number of ether oxygens (including phenoxy) is 2. The van der Waals surface area contributed by atoms with Gasteiger partial charge in [-0.15, -0.1) is 10.2 Å². The van der Waals surface area contributed by atoms with Crippen LogP contribution in [0.5, 0.6) is 5.75 Å². The smallest absolute Gasteiger partial charge is 0.336 e. The van der Waals surface area contributed by atoms with Crippen molar-refractivity contribution in [1.82, 2.24) is 33.4 Å². The summed E-state index contributed by atoms with van der Waals surface area (Å²) in [5.41, 5.74) is 1.51. The highest BCUT2D eigenvalue weighted by atomic mass is 32.2. The molecule has 1 aliphatic heterocycles. The normalized spacial score (nSPS) is 16.3. The molecule has 0 amide bonds. The average Bonchev–Trinajstić information content (AvgIpc) is 3.69. The van der Waals surface area contributed by atoms with Crippen LogP contribution in [0.15, 0.2) is 34.2 Å². The maximum absolute atomic E-state index is 13.7. The van der Waals surface area contributed by atoms with Crippen LogP contribution in [0.25, 0.3) is 28.2 Å². The molecular weight excluding hydrogens is 510 g/mol. The quantitative estimate of drug-likeness (QED) is 0.305. The predicted molar refractivity (Wildman–Crippen MR) is 142 cm³/mol. The van der Waals surface area contributed by atoms with E-state index in [0.717, 1.165) is 25.7 Å². The lowest BCUT2D eigenvalue weighted by Crippen LogP contribution is -2.37. The summed E-state index contributed by atoms with van der Waals surface area (Å²) in [4.78, 5) is 21.2. The van der Waals surface area contributed by atoms with Crippen LogP contribution >= 0.6 is 0 Å². The van der Waals surface area contributed by atoms with Crippen molar-refractivity contribution in [2.45, 2.75) is 64.0 Å². The maximum Gasteiger partial charge on any atom is 0.336 e. The molecule has 1 aromatic carbocycles. The minimum absolute atomic E-state index is 0.104. The maximum atomic E-state index is 13.7. The molecule has 204 valence electrons. The number of H-pyrrole nitrogens is 1. The Kier molecular flexibility index (Phi) is 7.50. The summed E-state index contributed by atoms with van der Waals surface area (Å²) < 4.78 is 43.4. The van der Waals surface area contributed by atoms with Crippen molar-refractivity contribution in [3.63, 3.8) is 0 Å². The highest BCUT2D eigenvalue weighted by Crippen LogP contribution is 2.34. The Morgan fingerprint density at radius 3 is 2.76 bits per heavy atom. The Labute approximate surface area is 220 Å². The molecule has 1 aliphatic rings. The van der Waals surface area contributed by atoms with E-state index in [9.17, 15) is 13.2 Å². The molecule has 0 spiro atoms. The van der Waals surface area contributed by atoms with Crippen LogP contribution < -0.4 is 10.4 Å². The molecule has 5 rings (SSSR count). The van der Waals surface area contributed by atoms with Crippen LogP contribution in [-0.4, -0.2) is 74.3 Å². The molecule has 0 aliphatic carbocycles. The average molecular weight is 544 g/mol. The number of aromatic nitrogens is 6. The predicted octanol–water partition coefficient (Wildman–Crippen LogP) is 2.82. The minimum Gasteiger partial charge on any atom is -0.493 e. The molecule has 0 bridgehead atoms. The molecule has 0 saturated carbocycles. The largest absolute Gasteiger partial charge is 0.493 e. The number of nitrogens with zero attached hydrogens (tertiary/aromatic N) is 6. The SMILES string of the molecule is CCCOc1ccc(S(=O)(=O)N(CC)CC2CCCO2)cc1-c1nc2c([nH]1)c1nncn1c(=O)n2CCC. The van der Waals surface area contributed by atoms with E-state index in [1.54, 1.807) is 22.8 Å². The summed E-state index contributed by atoms with van der Waals surface area (Å²) >= 11 is 0. The van der Waals surface area contributed by atoms with E-state index in [-0.39, 0.29) is 16.7 Å². The number of hydrogen-bond acceptors (Lipinski definition) is 8. The second-order valence-electron chi connectivity index (χ2n) is 9.34. The van der Waals surface area contributed by atoms with Gasteiger partial charge in [0, 0.05) is 26.2 Å². The molecule has 13 heteroatoms. The fourth-order valence-electron chi connectivity index (χ4n) is 4.79. The molecular formula is C25H33N7O5S. The third-order valence-electron chi connectivity index (χ3n) is 6.69. The lowest BCUT2D eigenvalue weighted by atomic mass is 10.2. The molecule has 0 radical (unpaired) electrons. The summed E-state index contributed by atoms with van der Waals surface area (Å²) in [7, 11) is -3.81. The molecule has 1 fully saturated rings. The van der Waals surface area contributed by atoms with E-state index in [2.05, 4.69) is 15.2 Å². The number of fused-ring (bicyclic) bond motifs is 3. The fourth-order valence-corrected chi connectivity index (χ4v) is 6.30. The van der Waals surface area contributed by atoms with Crippen molar-refractivity contribution in [2.75, 3.05) is 26.3 Å². The highest BCUT2D eigenvalue weighted by Gasteiger charge is 2.29. The number of aromatic amines is 1. The van der Waals surface area contributed by atoms with Gasteiger partial charge < -0.3 is 14.5 Å². The van der Waals surface area contributed by atoms with Gasteiger partial charge in [0.25, 0.3) is 0 Å². The van der Waals surface area contributed by atoms with Crippen molar-refractivity contribution < 1.29 is 17.9 Å². The Morgan fingerprint density at radius 2 is 2.05 bits per heavy atom. The number of hydrogen-bond donors (Lipinski definition) is 1. The molecule has 1 atom stereocenters. The first-order valence-corrected chi connectivity index (χ1v) is 14.5. The van der Waals surface area contributed by atoms with Crippen LogP contribution in [-0.2, 0) is 21.3 Å². The fraction of sp³-hybridized carbons (Fsp3) is 0.520. The Morgan fingerprint density at radius 1 is 1.21 bits per heavy atom. The summed E-state index contributed by atoms with van der Waals surface area (Å²) in [5.74, 6) is 0.875. The van der Waals surface area contributed by atoms with Crippen LogP contribution in [0.2, 0.25) is 0 Å². The van der Waals surface area contributed by atoms with E-state index in [4.69, 9.17) is 14.5 Å². The first kappa shape index (κ1) is 26.3. The van der Waals surface area contributed by atoms with Gasteiger partial charge in [0.15, 0.2) is 11.3 Å².